The van der Waals surface area contributed by atoms with Crippen LogP contribution in [0.4, 0.5) is 0 Å². The summed E-state index contributed by atoms with van der Waals surface area (Å²) in [6, 6.07) is 8.35. The van der Waals surface area contributed by atoms with Crippen LogP contribution in [-0.2, 0) is 14.6 Å². The van der Waals surface area contributed by atoms with Crippen molar-refractivity contribution in [3.63, 3.8) is 0 Å². The minimum absolute atomic E-state index is 0. The predicted molar refractivity (Wildman–Crippen MR) is 88.8 cm³/mol. The molecule has 1 fully saturated rings. The Morgan fingerprint density at radius 1 is 1.18 bits per heavy atom. The SMILES string of the molecule is Cl.NC1(C(=O)NCCCS(=O)(=O)c2ccccc2)CCCC1. The van der Waals surface area contributed by atoms with Crippen molar-refractivity contribution in [2.45, 2.75) is 42.5 Å². The molecule has 22 heavy (non-hydrogen) atoms. The second-order valence-electron chi connectivity index (χ2n) is 5.60. The lowest BCUT2D eigenvalue weighted by molar-refractivity contribution is -0.126. The van der Waals surface area contributed by atoms with E-state index in [2.05, 4.69) is 5.32 Å². The molecule has 1 aromatic rings. The third kappa shape index (κ3) is 4.69. The average Bonchev–Trinajstić information content (AvgIpc) is 2.92. The standard InChI is InChI=1S/C15H22N2O3S.ClH/c16-15(9-4-5-10-15)14(18)17-11-6-12-21(19,20)13-7-2-1-3-8-13;/h1-3,7-8H,4-6,9-12,16H2,(H,17,18);1H. The third-order valence-corrected chi connectivity index (χ3v) is 5.74. The predicted octanol–water partition coefficient (Wildman–Crippen LogP) is 1.66. The number of rotatable bonds is 6. The van der Waals surface area contributed by atoms with Gasteiger partial charge in [-0.25, -0.2) is 8.42 Å². The Hall–Kier alpha value is -1.11. The van der Waals surface area contributed by atoms with Crippen LogP contribution in [0.25, 0.3) is 0 Å². The molecule has 0 radical (unpaired) electrons. The summed E-state index contributed by atoms with van der Waals surface area (Å²) in [6.45, 7) is 0.337. The Morgan fingerprint density at radius 3 is 2.36 bits per heavy atom. The molecule has 1 saturated carbocycles. The number of nitrogens with two attached hydrogens (primary N) is 1. The van der Waals surface area contributed by atoms with Gasteiger partial charge in [0.2, 0.25) is 5.91 Å². The normalized spacial score (nSPS) is 16.8. The zero-order chi connectivity index (χ0) is 15.3. The average molecular weight is 347 g/mol. The first-order chi connectivity index (χ1) is 9.94. The smallest absolute Gasteiger partial charge is 0.240 e. The zero-order valence-electron chi connectivity index (χ0n) is 12.5. The summed E-state index contributed by atoms with van der Waals surface area (Å²) in [5.41, 5.74) is 5.28. The molecule has 0 bridgehead atoms. The van der Waals surface area contributed by atoms with Gasteiger partial charge in [-0.1, -0.05) is 31.0 Å². The van der Waals surface area contributed by atoms with Crippen molar-refractivity contribution in [3.8, 4) is 0 Å². The van der Waals surface area contributed by atoms with Gasteiger partial charge in [0.1, 0.15) is 0 Å². The molecule has 2 rings (SSSR count). The summed E-state index contributed by atoms with van der Waals surface area (Å²) in [5, 5.41) is 2.76. The minimum atomic E-state index is -3.28. The Bertz CT molecular complexity index is 584. The van der Waals surface area contributed by atoms with Gasteiger partial charge >= 0.3 is 0 Å². The maximum Gasteiger partial charge on any atom is 0.240 e. The van der Waals surface area contributed by atoms with Crippen LogP contribution in [0.1, 0.15) is 32.1 Å². The van der Waals surface area contributed by atoms with E-state index >= 15 is 0 Å². The van der Waals surface area contributed by atoms with Crippen LogP contribution < -0.4 is 11.1 Å². The van der Waals surface area contributed by atoms with Crippen LogP contribution in [0.3, 0.4) is 0 Å². The van der Waals surface area contributed by atoms with E-state index in [0.717, 1.165) is 12.8 Å². The number of hydrogen-bond acceptors (Lipinski definition) is 4. The topological polar surface area (TPSA) is 89.3 Å². The summed E-state index contributed by atoms with van der Waals surface area (Å²) in [4.78, 5) is 12.3. The van der Waals surface area contributed by atoms with Gasteiger partial charge in [-0.15, -0.1) is 12.4 Å². The molecule has 0 unspecified atom stereocenters. The summed E-state index contributed by atoms with van der Waals surface area (Å²) in [7, 11) is -3.28. The fraction of sp³-hybridized carbons (Fsp3) is 0.533. The molecule has 1 aromatic carbocycles. The Morgan fingerprint density at radius 2 is 1.77 bits per heavy atom. The lowest BCUT2D eigenvalue weighted by Crippen LogP contribution is -2.52. The maximum atomic E-state index is 12.1. The van der Waals surface area contributed by atoms with E-state index in [-0.39, 0.29) is 24.1 Å². The van der Waals surface area contributed by atoms with Crippen molar-refractivity contribution < 1.29 is 13.2 Å². The second-order valence-corrected chi connectivity index (χ2v) is 7.71. The molecule has 0 spiro atoms. The van der Waals surface area contributed by atoms with Crippen LogP contribution >= 0.6 is 12.4 Å². The zero-order valence-corrected chi connectivity index (χ0v) is 14.1. The van der Waals surface area contributed by atoms with Crippen LogP contribution in [-0.4, -0.2) is 32.2 Å². The highest BCUT2D eigenvalue weighted by Crippen LogP contribution is 2.27. The molecule has 0 aliphatic heterocycles. The van der Waals surface area contributed by atoms with Crippen LogP contribution in [0.15, 0.2) is 35.2 Å². The largest absolute Gasteiger partial charge is 0.354 e. The molecule has 7 heteroatoms. The second kappa shape index (κ2) is 7.94. The fourth-order valence-electron chi connectivity index (χ4n) is 2.62. The summed E-state index contributed by atoms with van der Waals surface area (Å²) >= 11 is 0. The van der Waals surface area contributed by atoms with E-state index in [0.29, 0.717) is 30.7 Å². The van der Waals surface area contributed by atoms with Crippen molar-refractivity contribution in [3.05, 3.63) is 30.3 Å². The summed E-state index contributed by atoms with van der Waals surface area (Å²) in [6.07, 6.45) is 3.76. The Labute approximate surface area is 138 Å². The number of carbonyl (C=O) groups excluding carboxylic acids is 1. The number of amides is 1. The van der Waals surface area contributed by atoms with Crippen LogP contribution in [0.2, 0.25) is 0 Å². The monoisotopic (exact) mass is 346 g/mol. The van der Waals surface area contributed by atoms with Gasteiger partial charge in [0.25, 0.3) is 0 Å². The van der Waals surface area contributed by atoms with Crippen molar-refractivity contribution in [2.75, 3.05) is 12.3 Å². The van der Waals surface area contributed by atoms with Gasteiger partial charge in [-0.05, 0) is 31.4 Å². The van der Waals surface area contributed by atoms with E-state index in [4.69, 9.17) is 5.73 Å². The van der Waals surface area contributed by atoms with Gasteiger partial charge in [0.05, 0.1) is 16.2 Å². The van der Waals surface area contributed by atoms with Crippen molar-refractivity contribution >= 4 is 28.2 Å². The quantitative estimate of drug-likeness (QED) is 0.766. The van der Waals surface area contributed by atoms with Gasteiger partial charge < -0.3 is 11.1 Å². The maximum absolute atomic E-state index is 12.1. The minimum Gasteiger partial charge on any atom is -0.354 e. The van der Waals surface area contributed by atoms with Crippen molar-refractivity contribution in [1.29, 1.82) is 0 Å². The first-order valence-corrected chi connectivity index (χ1v) is 8.94. The first-order valence-electron chi connectivity index (χ1n) is 7.29. The lowest BCUT2D eigenvalue weighted by Gasteiger charge is -2.22. The molecule has 1 aliphatic rings. The number of nitrogens with one attached hydrogen (secondary N) is 1. The molecular weight excluding hydrogens is 324 g/mol. The highest BCUT2D eigenvalue weighted by molar-refractivity contribution is 7.91. The number of benzene rings is 1. The molecule has 3 N–H and O–H groups in total. The van der Waals surface area contributed by atoms with E-state index < -0.39 is 15.4 Å². The number of sulfone groups is 1. The first kappa shape index (κ1) is 18.9. The molecule has 0 aromatic heterocycles. The molecule has 0 saturated heterocycles. The Balaban J connectivity index is 0.00000242. The molecule has 0 atom stereocenters. The third-order valence-electron chi connectivity index (χ3n) is 3.93. The molecule has 5 nitrogen and oxygen atoms in total. The molecule has 1 aliphatic carbocycles. The number of hydrogen-bond donors (Lipinski definition) is 2. The Kier molecular flexibility index (Phi) is 6.84. The van der Waals surface area contributed by atoms with E-state index in [1.165, 1.54) is 0 Å². The van der Waals surface area contributed by atoms with Crippen LogP contribution in [0, 0.1) is 0 Å². The van der Waals surface area contributed by atoms with Gasteiger partial charge in [0.15, 0.2) is 9.84 Å². The van der Waals surface area contributed by atoms with E-state index in [9.17, 15) is 13.2 Å². The summed E-state index contributed by atoms with van der Waals surface area (Å²) < 4.78 is 24.1. The van der Waals surface area contributed by atoms with E-state index in [1.54, 1.807) is 30.3 Å². The number of carbonyl (C=O) groups is 1. The highest BCUT2D eigenvalue weighted by Gasteiger charge is 2.36. The molecule has 0 heterocycles. The fourth-order valence-corrected chi connectivity index (χ4v) is 3.95. The highest BCUT2D eigenvalue weighted by atomic mass is 35.5. The van der Waals surface area contributed by atoms with Crippen molar-refractivity contribution in [2.24, 2.45) is 5.73 Å². The van der Waals surface area contributed by atoms with Gasteiger partial charge in [-0.2, -0.15) is 0 Å². The molecule has 1 amide bonds. The lowest BCUT2D eigenvalue weighted by atomic mass is 9.98. The molecular formula is C15H23ClN2O3S. The number of halogens is 1. The van der Waals surface area contributed by atoms with Crippen molar-refractivity contribution in [1.82, 2.24) is 5.32 Å². The summed E-state index contributed by atoms with van der Waals surface area (Å²) in [5.74, 6) is -0.133. The molecule has 124 valence electrons. The van der Waals surface area contributed by atoms with Gasteiger partial charge in [-0.3, -0.25) is 4.79 Å². The van der Waals surface area contributed by atoms with E-state index in [1.807, 2.05) is 0 Å². The van der Waals surface area contributed by atoms with Crippen LogP contribution in [0.5, 0.6) is 0 Å². The van der Waals surface area contributed by atoms with Gasteiger partial charge in [0, 0.05) is 6.54 Å².